The van der Waals surface area contributed by atoms with Crippen LogP contribution in [0.2, 0.25) is 0 Å². The molecular formula is C10H10F3NO. The van der Waals surface area contributed by atoms with Gasteiger partial charge in [-0.1, -0.05) is 0 Å². The molecule has 82 valence electrons. The summed E-state index contributed by atoms with van der Waals surface area (Å²) in [6.45, 7) is -0.388. The first-order valence-corrected chi connectivity index (χ1v) is 4.58. The lowest BCUT2D eigenvalue weighted by molar-refractivity contribution is -0.141. The average molecular weight is 217 g/mol. The molecule has 0 aliphatic heterocycles. The van der Waals surface area contributed by atoms with E-state index in [-0.39, 0.29) is 6.61 Å². The molecule has 0 radical (unpaired) electrons. The van der Waals surface area contributed by atoms with Crippen molar-refractivity contribution in [3.8, 4) is 0 Å². The molecule has 0 atom stereocenters. The highest BCUT2D eigenvalue weighted by molar-refractivity contribution is 5.24. The molecule has 15 heavy (non-hydrogen) atoms. The minimum atomic E-state index is -2.74. The fraction of sp³-hybridized carbons (Fsp3) is 0.500. The predicted molar refractivity (Wildman–Crippen MR) is 47.1 cm³/mol. The Hall–Kier alpha value is -1.10. The van der Waals surface area contributed by atoms with E-state index in [9.17, 15) is 13.2 Å². The number of hydrogen-bond acceptors (Lipinski definition) is 2. The lowest BCUT2D eigenvalue weighted by atomic mass is 9.64. The zero-order valence-electron chi connectivity index (χ0n) is 7.88. The predicted octanol–water partition coefficient (Wildman–Crippen LogP) is 1.88. The zero-order chi connectivity index (χ0) is 11.1. The van der Waals surface area contributed by atoms with Gasteiger partial charge in [0, 0.05) is 24.0 Å². The topological polar surface area (TPSA) is 33.1 Å². The van der Waals surface area contributed by atoms with Crippen LogP contribution in [0.5, 0.6) is 0 Å². The molecule has 0 aromatic carbocycles. The summed E-state index contributed by atoms with van der Waals surface area (Å²) in [5, 5.41) is 9.12. The summed E-state index contributed by atoms with van der Waals surface area (Å²) in [7, 11) is 0. The second-order valence-corrected chi connectivity index (χ2v) is 4.01. The van der Waals surface area contributed by atoms with E-state index in [1.165, 1.54) is 6.07 Å². The van der Waals surface area contributed by atoms with Crippen LogP contribution in [0.25, 0.3) is 0 Å². The SMILES string of the molecule is OCC1(c2ccc(F)cn2)CC(F)(F)C1. The van der Waals surface area contributed by atoms with Gasteiger partial charge >= 0.3 is 0 Å². The largest absolute Gasteiger partial charge is 0.395 e. The van der Waals surface area contributed by atoms with Crippen LogP contribution < -0.4 is 0 Å². The van der Waals surface area contributed by atoms with E-state index in [0.717, 1.165) is 12.3 Å². The summed E-state index contributed by atoms with van der Waals surface area (Å²) in [5.74, 6) is -3.25. The van der Waals surface area contributed by atoms with Crippen LogP contribution in [0.1, 0.15) is 18.5 Å². The highest BCUT2D eigenvalue weighted by atomic mass is 19.3. The van der Waals surface area contributed by atoms with Crippen molar-refractivity contribution in [2.45, 2.75) is 24.2 Å². The Bertz CT molecular complexity index is 355. The van der Waals surface area contributed by atoms with Crippen molar-refractivity contribution < 1.29 is 18.3 Å². The van der Waals surface area contributed by atoms with Crippen molar-refractivity contribution in [3.63, 3.8) is 0 Å². The molecule has 0 unspecified atom stereocenters. The maximum atomic E-state index is 12.8. The number of hydrogen-bond donors (Lipinski definition) is 1. The lowest BCUT2D eigenvalue weighted by Crippen LogP contribution is -2.52. The first-order valence-electron chi connectivity index (χ1n) is 4.58. The van der Waals surface area contributed by atoms with Gasteiger partial charge in [-0.25, -0.2) is 13.2 Å². The van der Waals surface area contributed by atoms with Gasteiger partial charge in [0.1, 0.15) is 5.82 Å². The maximum Gasteiger partial charge on any atom is 0.250 e. The number of aromatic nitrogens is 1. The average Bonchev–Trinajstić information content (AvgIpc) is 2.14. The van der Waals surface area contributed by atoms with E-state index in [1.54, 1.807) is 0 Å². The van der Waals surface area contributed by atoms with E-state index < -0.39 is 30.0 Å². The third-order valence-electron chi connectivity index (χ3n) is 2.77. The number of nitrogens with zero attached hydrogens (tertiary/aromatic N) is 1. The van der Waals surface area contributed by atoms with Gasteiger partial charge < -0.3 is 5.11 Å². The summed E-state index contributed by atoms with van der Waals surface area (Å²) in [6.07, 6.45) is 0.132. The Balaban J connectivity index is 2.25. The van der Waals surface area contributed by atoms with Crippen molar-refractivity contribution >= 4 is 0 Å². The lowest BCUT2D eigenvalue weighted by Gasteiger charge is -2.45. The van der Waals surface area contributed by atoms with E-state index in [1.807, 2.05) is 0 Å². The number of rotatable bonds is 2. The second-order valence-electron chi connectivity index (χ2n) is 4.01. The van der Waals surface area contributed by atoms with Crippen LogP contribution in [-0.2, 0) is 5.41 Å². The van der Waals surface area contributed by atoms with Crippen LogP contribution in [0.3, 0.4) is 0 Å². The third kappa shape index (κ3) is 1.71. The zero-order valence-corrected chi connectivity index (χ0v) is 7.88. The van der Waals surface area contributed by atoms with Gasteiger partial charge in [-0.2, -0.15) is 0 Å². The smallest absolute Gasteiger partial charge is 0.250 e. The summed E-state index contributed by atoms with van der Waals surface area (Å²) in [6, 6.07) is 2.51. The van der Waals surface area contributed by atoms with E-state index >= 15 is 0 Å². The molecule has 0 amide bonds. The van der Waals surface area contributed by atoms with Crippen molar-refractivity contribution in [1.29, 1.82) is 0 Å². The fourth-order valence-electron chi connectivity index (χ4n) is 2.00. The van der Waals surface area contributed by atoms with Crippen LogP contribution in [-0.4, -0.2) is 22.6 Å². The molecule has 1 aliphatic carbocycles. The Morgan fingerprint density at radius 2 is 2.00 bits per heavy atom. The van der Waals surface area contributed by atoms with Crippen LogP contribution >= 0.6 is 0 Å². The molecule has 1 fully saturated rings. The Kier molecular flexibility index (Phi) is 2.22. The second kappa shape index (κ2) is 3.20. The third-order valence-corrected chi connectivity index (χ3v) is 2.77. The molecule has 0 saturated heterocycles. The number of halogens is 3. The van der Waals surface area contributed by atoms with Gasteiger partial charge in [-0.15, -0.1) is 0 Å². The molecule has 1 N–H and O–H groups in total. The highest BCUT2D eigenvalue weighted by Crippen LogP contribution is 2.52. The highest BCUT2D eigenvalue weighted by Gasteiger charge is 2.57. The monoisotopic (exact) mass is 217 g/mol. The van der Waals surface area contributed by atoms with Crippen molar-refractivity contribution in [2.75, 3.05) is 6.61 Å². The van der Waals surface area contributed by atoms with Crippen molar-refractivity contribution in [2.24, 2.45) is 0 Å². The number of pyridine rings is 1. The molecule has 5 heteroatoms. The molecule has 0 bridgehead atoms. The summed E-state index contributed by atoms with van der Waals surface area (Å²) in [4.78, 5) is 3.74. The van der Waals surface area contributed by atoms with Crippen LogP contribution in [0.4, 0.5) is 13.2 Å². The molecular weight excluding hydrogens is 207 g/mol. The van der Waals surface area contributed by atoms with E-state index in [0.29, 0.717) is 5.69 Å². The number of aliphatic hydroxyl groups excluding tert-OH is 1. The van der Waals surface area contributed by atoms with Gasteiger partial charge in [-0.3, -0.25) is 4.98 Å². The molecule has 1 aromatic rings. The minimum absolute atomic E-state index is 0.331. The summed E-state index contributed by atoms with van der Waals surface area (Å²) in [5.41, 5.74) is -0.658. The molecule has 1 aliphatic rings. The quantitative estimate of drug-likeness (QED) is 0.820. The van der Waals surface area contributed by atoms with Crippen LogP contribution in [0.15, 0.2) is 18.3 Å². The minimum Gasteiger partial charge on any atom is -0.395 e. The molecule has 2 rings (SSSR count). The fourth-order valence-corrected chi connectivity index (χ4v) is 2.00. The summed E-state index contributed by atoms with van der Waals surface area (Å²) < 4.78 is 38.1. The standard InChI is InChI=1S/C10H10F3NO/c11-7-1-2-8(14-3-7)9(6-15)4-10(12,13)5-9/h1-3,15H,4-6H2. The van der Waals surface area contributed by atoms with Gasteiger partial charge in [0.15, 0.2) is 0 Å². The van der Waals surface area contributed by atoms with Gasteiger partial charge in [0.2, 0.25) is 5.92 Å². The van der Waals surface area contributed by atoms with Crippen molar-refractivity contribution in [1.82, 2.24) is 4.98 Å². The first kappa shape index (κ1) is 10.4. The van der Waals surface area contributed by atoms with Gasteiger partial charge in [0.05, 0.1) is 12.8 Å². The van der Waals surface area contributed by atoms with Crippen molar-refractivity contribution in [3.05, 3.63) is 29.8 Å². The van der Waals surface area contributed by atoms with Gasteiger partial charge in [0.25, 0.3) is 0 Å². The first-order chi connectivity index (χ1) is 6.97. The summed E-state index contributed by atoms with van der Waals surface area (Å²) >= 11 is 0. The Labute approximate surface area is 84.8 Å². The Morgan fingerprint density at radius 3 is 2.40 bits per heavy atom. The van der Waals surface area contributed by atoms with E-state index in [2.05, 4.69) is 4.98 Å². The number of alkyl halides is 2. The molecule has 1 saturated carbocycles. The number of aliphatic hydroxyl groups is 1. The van der Waals surface area contributed by atoms with Gasteiger partial charge in [-0.05, 0) is 12.1 Å². The molecule has 2 nitrogen and oxygen atoms in total. The molecule has 0 spiro atoms. The molecule has 1 heterocycles. The molecule has 1 aromatic heterocycles. The van der Waals surface area contributed by atoms with E-state index in [4.69, 9.17) is 5.11 Å². The maximum absolute atomic E-state index is 12.8. The Morgan fingerprint density at radius 1 is 1.33 bits per heavy atom. The van der Waals surface area contributed by atoms with Crippen LogP contribution in [0, 0.1) is 5.82 Å². The normalized spacial score (nSPS) is 22.1.